The third kappa shape index (κ3) is 3.01. The molecule has 0 spiro atoms. The summed E-state index contributed by atoms with van der Waals surface area (Å²) in [7, 11) is 0. The smallest absolute Gasteiger partial charge is 0.268 e. The van der Waals surface area contributed by atoms with E-state index in [4.69, 9.17) is 4.74 Å². The van der Waals surface area contributed by atoms with E-state index in [1.165, 1.54) is 0 Å². The van der Waals surface area contributed by atoms with Crippen molar-refractivity contribution in [1.29, 1.82) is 0 Å². The Morgan fingerprint density at radius 2 is 1.77 bits per heavy atom. The average Bonchev–Trinajstić information content (AvgIpc) is 3.21. The van der Waals surface area contributed by atoms with Crippen LogP contribution in [0.2, 0.25) is 0 Å². The highest BCUT2D eigenvalue weighted by Gasteiger charge is 2.52. The van der Waals surface area contributed by atoms with Gasteiger partial charge in [-0.3, -0.25) is 4.79 Å². The second kappa shape index (κ2) is 7.29. The number of carbonyl (C=O) groups excluding carboxylic acids is 1. The van der Waals surface area contributed by atoms with Crippen molar-refractivity contribution < 1.29 is 14.6 Å². The summed E-state index contributed by atoms with van der Waals surface area (Å²) in [5.41, 5.74) is 2.98. The van der Waals surface area contributed by atoms with Gasteiger partial charge in [0.15, 0.2) is 5.60 Å². The zero-order chi connectivity index (χ0) is 21.6. The van der Waals surface area contributed by atoms with Crippen molar-refractivity contribution in [2.45, 2.75) is 19.4 Å². The summed E-state index contributed by atoms with van der Waals surface area (Å²) < 4.78 is 5.88. The number of carbonyl (C=O) groups is 1. The van der Waals surface area contributed by atoms with Crippen LogP contribution >= 0.6 is 0 Å². The molecule has 5 nitrogen and oxygen atoms in total. The third-order valence-corrected chi connectivity index (χ3v) is 5.97. The quantitative estimate of drug-likeness (QED) is 0.509. The van der Waals surface area contributed by atoms with Gasteiger partial charge in [0.2, 0.25) is 0 Å². The molecule has 1 amide bonds. The monoisotopic (exact) mass is 412 g/mol. The first-order valence-electron chi connectivity index (χ1n) is 10.4. The second-order valence-corrected chi connectivity index (χ2v) is 8.02. The summed E-state index contributed by atoms with van der Waals surface area (Å²) in [5.74, 6) is 0.414. The molecule has 1 atom stereocenters. The Bertz CT molecular complexity index is 1290. The molecule has 0 bridgehead atoms. The highest BCUT2D eigenvalue weighted by atomic mass is 16.5. The van der Waals surface area contributed by atoms with E-state index >= 15 is 0 Å². The number of nitrogens with zero attached hydrogens (tertiary/aromatic N) is 1. The van der Waals surface area contributed by atoms with Crippen LogP contribution in [0.1, 0.15) is 22.4 Å². The molecule has 3 aromatic carbocycles. The highest BCUT2D eigenvalue weighted by Crippen LogP contribution is 2.47. The van der Waals surface area contributed by atoms with Crippen LogP contribution in [0.3, 0.4) is 0 Å². The van der Waals surface area contributed by atoms with Crippen LogP contribution in [0.5, 0.6) is 5.75 Å². The molecule has 1 aliphatic rings. The molecular formula is C26H24N2O3. The Morgan fingerprint density at radius 1 is 1.00 bits per heavy atom. The molecule has 31 heavy (non-hydrogen) atoms. The maximum absolute atomic E-state index is 13.7. The Morgan fingerprint density at radius 3 is 2.61 bits per heavy atom. The van der Waals surface area contributed by atoms with Crippen LogP contribution < -0.4 is 9.64 Å². The summed E-state index contributed by atoms with van der Waals surface area (Å²) >= 11 is 0. The molecule has 0 unspecified atom stereocenters. The minimum absolute atomic E-state index is 0.326. The van der Waals surface area contributed by atoms with Crippen molar-refractivity contribution in [3.8, 4) is 5.75 Å². The largest absolute Gasteiger partial charge is 0.492 e. The molecule has 5 heteroatoms. The number of nitrogens with one attached hydrogen (secondary N) is 1. The van der Waals surface area contributed by atoms with E-state index in [0.717, 1.165) is 27.9 Å². The summed E-state index contributed by atoms with van der Waals surface area (Å²) in [6.45, 7) is 4.57. The van der Waals surface area contributed by atoms with Gasteiger partial charge in [0, 0.05) is 27.7 Å². The van der Waals surface area contributed by atoms with Crippen LogP contribution in [-0.2, 0) is 10.4 Å². The molecule has 0 fully saturated rings. The van der Waals surface area contributed by atoms with Crippen molar-refractivity contribution in [1.82, 2.24) is 4.98 Å². The Balaban J connectivity index is 1.51. The van der Waals surface area contributed by atoms with Gasteiger partial charge in [0.1, 0.15) is 12.4 Å². The van der Waals surface area contributed by atoms with Gasteiger partial charge < -0.3 is 19.7 Å². The lowest BCUT2D eigenvalue weighted by Crippen LogP contribution is -2.43. The van der Waals surface area contributed by atoms with Crippen LogP contribution in [-0.4, -0.2) is 29.1 Å². The number of anilines is 1. The number of rotatable bonds is 5. The van der Waals surface area contributed by atoms with Crippen LogP contribution in [0.25, 0.3) is 10.9 Å². The molecule has 156 valence electrons. The zero-order valence-electron chi connectivity index (χ0n) is 17.6. The third-order valence-electron chi connectivity index (χ3n) is 5.97. The molecule has 0 saturated heterocycles. The first kappa shape index (κ1) is 19.4. The number of para-hydroxylation sites is 2. The van der Waals surface area contributed by atoms with E-state index in [1.54, 1.807) is 4.90 Å². The SMILES string of the molecule is Cc1cccc(OCCN2C(=O)[C@](O)(c3c(C)[nH]c4ccccc34)c3ccccc32)c1. The fraction of sp³-hybridized carbons (Fsp3) is 0.192. The summed E-state index contributed by atoms with van der Waals surface area (Å²) in [6, 6.07) is 23.0. The van der Waals surface area contributed by atoms with Crippen molar-refractivity contribution in [2.75, 3.05) is 18.1 Å². The lowest BCUT2D eigenvalue weighted by atomic mass is 9.85. The van der Waals surface area contributed by atoms with Crippen LogP contribution in [0.4, 0.5) is 5.69 Å². The molecule has 0 aliphatic carbocycles. The fourth-order valence-corrected chi connectivity index (χ4v) is 4.60. The Hall–Kier alpha value is -3.57. The lowest BCUT2D eigenvalue weighted by Gasteiger charge is -2.24. The maximum atomic E-state index is 13.7. The van der Waals surface area contributed by atoms with Gasteiger partial charge in [-0.05, 0) is 43.7 Å². The van der Waals surface area contributed by atoms with Crippen molar-refractivity contribution in [3.05, 3.63) is 95.2 Å². The van der Waals surface area contributed by atoms with E-state index < -0.39 is 5.60 Å². The number of aromatic amines is 1. The standard InChI is InChI=1S/C26H24N2O3/c1-17-8-7-9-19(16-17)31-15-14-28-23-13-6-4-11-21(23)26(30,25(28)29)24-18(2)27-22-12-5-3-10-20(22)24/h3-13,16,27,30H,14-15H2,1-2H3/t26-/m1/s1. The molecule has 1 aliphatic heterocycles. The molecular weight excluding hydrogens is 388 g/mol. The minimum Gasteiger partial charge on any atom is -0.492 e. The number of hydrogen-bond donors (Lipinski definition) is 2. The first-order valence-corrected chi connectivity index (χ1v) is 10.4. The molecule has 0 radical (unpaired) electrons. The lowest BCUT2D eigenvalue weighted by molar-refractivity contribution is -0.132. The van der Waals surface area contributed by atoms with Gasteiger partial charge in [-0.25, -0.2) is 0 Å². The molecule has 0 saturated carbocycles. The Kier molecular flexibility index (Phi) is 4.56. The number of hydrogen-bond acceptors (Lipinski definition) is 3. The van der Waals surface area contributed by atoms with Crippen molar-refractivity contribution in [3.63, 3.8) is 0 Å². The van der Waals surface area contributed by atoms with Gasteiger partial charge in [0.05, 0.1) is 12.2 Å². The van der Waals surface area contributed by atoms with Gasteiger partial charge in [-0.2, -0.15) is 0 Å². The Labute approximate surface area is 180 Å². The second-order valence-electron chi connectivity index (χ2n) is 8.02. The van der Waals surface area contributed by atoms with E-state index in [2.05, 4.69) is 4.98 Å². The summed E-state index contributed by atoms with van der Waals surface area (Å²) in [4.78, 5) is 18.6. The fourth-order valence-electron chi connectivity index (χ4n) is 4.60. The summed E-state index contributed by atoms with van der Waals surface area (Å²) in [6.07, 6.45) is 0. The molecule has 4 aromatic rings. The highest BCUT2D eigenvalue weighted by molar-refractivity contribution is 6.11. The minimum atomic E-state index is -1.75. The number of benzene rings is 3. The number of aliphatic hydroxyl groups is 1. The van der Waals surface area contributed by atoms with Gasteiger partial charge in [0.25, 0.3) is 5.91 Å². The summed E-state index contributed by atoms with van der Waals surface area (Å²) in [5, 5.41) is 12.8. The van der Waals surface area contributed by atoms with Crippen molar-refractivity contribution in [2.24, 2.45) is 0 Å². The van der Waals surface area contributed by atoms with E-state index in [0.29, 0.717) is 30.0 Å². The van der Waals surface area contributed by atoms with E-state index in [9.17, 15) is 9.90 Å². The van der Waals surface area contributed by atoms with Gasteiger partial charge >= 0.3 is 0 Å². The number of H-pyrrole nitrogens is 1. The molecule has 2 N–H and O–H groups in total. The average molecular weight is 412 g/mol. The van der Waals surface area contributed by atoms with Gasteiger partial charge in [-0.15, -0.1) is 0 Å². The number of ether oxygens (including phenoxy) is 1. The van der Waals surface area contributed by atoms with Crippen LogP contribution in [0.15, 0.2) is 72.8 Å². The maximum Gasteiger partial charge on any atom is 0.268 e. The number of aryl methyl sites for hydroxylation is 2. The molecule has 5 rings (SSSR count). The molecule has 1 aromatic heterocycles. The predicted molar refractivity (Wildman–Crippen MR) is 122 cm³/mol. The number of aromatic nitrogens is 1. The van der Waals surface area contributed by atoms with E-state index in [-0.39, 0.29) is 5.91 Å². The van der Waals surface area contributed by atoms with Crippen LogP contribution in [0, 0.1) is 13.8 Å². The normalized spacial score (nSPS) is 17.9. The van der Waals surface area contributed by atoms with Crippen molar-refractivity contribution >= 4 is 22.5 Å². The van der Waals surface area contributed by atoms with Gasteiger partial charge in [-0.1, -0.05) is 48.5 Å². The topological polar surface area (TPSA) is 65.6 Å². The molecule has 2 heterocycles. The first-order chi connectivity index (χ1) is 15.0. The van der Waals surface area contributed by atoms with E-state index in [1.807, 2.05) is 86.6 Å². The number of fused-ring (bicyclic) bond motifs is 2. The zero-order valence-corrected chi connectivity index (χ0v) is 17.6. The predicted octanol–water partition coefficient (Wildman–Crippen LogP) is 4.45. The number of amides is 1.